The Kier molecular flexibility index (Phi) is 5.28. The molecule has 1 saturated carbocycles. The molecule has 0 aliphatic heterocycles. The first-order valence-corrected chi connectivity index (χ1v) is 10.2. The zero-order valence-electron chi connectivity index (χ0n) is 14.8. The Hall–Kier alpha value is -2.01. The molecule has 1 fully saturated rings. The summed E-state index contributed by atoms with van der Waals surface area (Å²) in [6, 6.07) is 16.1. The van der Waals surface area contributed by atoms with Crippen LogP contribution in [0.15, 0.2) is 54.6 Å². The van der Waals surface area contributed by atoms with E-state index in [2.05, 4.69) is 0 Å². The summed E-state index contributed by atoms with van der Waals surface area (Å²) in [5.74, 6) is -0.0194. The highest BCUT2D eigenvalue weighted by atomic mass is 31.2. The molecule has 0 heterocycles. The molecule has 6 nitrogen and oxygen atoms in total. The van der Waals surface area contributed by atoms with E-state index in [-0.39, 0.29) is 24.8 Å². The Morgan fingerprint density at radius 2 is 1.65 bits per heavy atom. The van der Waals surface area contributed by atoms with Crippen molar-refractivity contribution in [3.05, 3.63) is 75.8 Å². The molecule has 0 aromatic heterocycles. The number of benzene rings is 2. The largest absolute Gasteiger partial charge is 0.341 e. The van der Waals surface area contributed by atoms with E-state index in [1.54, 1.807) is 26.0 Å². The van der Waals surface area contributed by atoms with Crippen LogP contribution >= 0.6 is 7.60 Å². The molecule has 3 rings (SSSR count). The van der Waals surface area contributed by atoms with E-state index < -0.39 is 17.7 Å². The van der Waals surface area contributed by atoms with Crippen LogP contribution in [-0.2, 0) is 18.8 Å². The maximum absolute atomic E-state index is 13.7. The highest BCUT2D eigenvalue weighted by Crippen LogP contribution is 2.82. The van der Waals surface area contributed by atoms with Gasteiger partial charge in [0.15, 0.2) is 0 Å². The molecule has 2 unspecified atom stereocenters. The van der Waals surface area contributed by atoms with E-state index in [0.717, 1.165) is 11.1 Å². The molecule has 0 spiro atoms. The van der Waals surface area contributed by atoms with E-state index in [1.807, 2.05) is 30.3 Å². The molecule has 0 amide bonds. The van der Waals surface area contributed by atoms with Crippen molar-refractivity contribution >= 4 is 13.3 Å². The van der Waals surface area contributed by atoms with Crippen LogP contribution < -0.4 is 0 Å². The van der Waals surface area contributed by atoms with Crippen molar-refractivity contribution in [3.63, 3.8) is 0 Å². The quantitative estimate of drug-likeness (QED) is 0.358. The molecule has 26 heavy (non-hydrogen) atoms. The zero-order chi connectivity index (χ0) is 18.8. The van der Waals surface area contributed by atoms with Gasteiger partial charge < -0.3 is 9.05 Å². The van der Waals surface area contributed by atoms with Gasteiger partial charge in [0, 0.05) is 18.1 Å². The third-order valence-electron chi connectivity index (χ3n) is 4.80. The molecule has 2 aromatic rings. The first kappa shape index (κ1) is 18.8. The number of hydrogen-bond acceptors (Lipinski definition) is 5. The van der Waals surface area contributed by atoms with Gasteiger partial charge in [-0.2, -0.15) is 0 Å². The Labute approximate surface area is 152 Å². The van der Waals surface area contributed by atoms with Crippen LogP contribution in [0.4, 0.5) is 5.69 Å². The van der Waals surface area contributed by atoms with Crippen LogP contribution in [0.2, 0.25) is 0 Å². The standard InChI is InChI=1S/C19H22NO5P/c1-3-24-26(23,25-4-2)19(14-18(19)15-8-6-5-7-9-15)16-10-12-17(13-11-16)20(21)22/h5-13,18H,3-4,14H2,1-2H3. The highest BCUT2D eigenvalue weighted by molar-refractivity contribution is 7.55. The zero-order valence-corrected chi connectivity index (χ0v) is 15.7. The number of nitro groups is 1. The number of rotatable bonds is 8. The van der Waals surface area contributed by atoms with Gasteiger partial charge in [0.1, 0.15) is 5.16 Å². The predicted octanol–water partition coefficient (Wildman–Crippen LogP) is 5.24. The maximum atomic E-state index is 13.7. The summed E-state index contributed by atoms with van der Waals surface area (Å²) < 4.78 is 25.1. The second-order valence-electron chi connectivity index (χ2n) is 6.23. The van der Waals surface area contributed by atoms with Gasteiger partial charge in [-0.3, -0.25) is 14.7 Å². The van der Waals surface area contributed by atoms with E-state index >= 15 is 0 Å². The predicted molar refractivity (Wildman–Crippen MR) is 99.4 cm³/mol. The van der Waals surface area contributed by atoms with Crippen LogP contribution in [0, 0.1) is 10.1 Å². The van der Waals surface area contributed by atoms with Gasteiger partial charge in [-0.1, -0.05) is 42.5 Å². The molecule has 0 radical (unpaired) electrons. The van der Waals surface area contributed by atoms with E-state index in [1.165, 1.54) is 12.1 Å². The summed E-state index contributed by atoms with van der Waals surface area (Å²) in [5, 5.41) is 10.2. The van der Waals surface area contributed by atoms with Gasteiger partial charge in [-0.15, -0.1) is 0 Å². The van der Waals surface area contributed by atoms with Crippen molar-refractivity contribution in [2.75, 3.05) is 13.2 Å². The fourth-order valence-electron chi connectivity index (χ4n) is 3.59. The smallest absolute Gasteiger partial charge is 0.308 e. The Morgan fingerprint density at radius 1 is 1.08 bits per heavy atom. The van der Waals surface area contributed by atoms with Gasteiger partial charge in [0.25, 0.3) is 5.69 Å². The van der Waals surface area contributed by atoms with Crippen molar-refractivity contribution in [2.45, 2.75) is 31.3 Å². The van der Waals surface area contributed by atoms with Crippen molar-refractivity contribution in [3.8, 4) is 0 Å². The molecule has 0 N–H and O–H groups in total. The topological polar surface area (TPSA) is 78.7 Å². The average Bonchev–Trinajstić information content (AvgIpc) is 3.41. The number of nitro benzene ring substituents is 1. The maximum Gasteiger partial charge on any atom is 0.341 e. The molecular formula is C19H22NO5P. The number of hydrogen-bond donors (Lipinski definition) is 0. The van der Waals surface area contributed by atoms with Crippen LogP contribution in [-0.4, -0.2) is 18.1 Å². The monoisotopic (exact) mass is 375 g/mol. The van der Waals surface area contributed by atoms with Crippen molar-refractivity contribution in [1.82, 2.24) is 0 Å². The van der Waals surface area contributed by atoms with Gasteiger partial charge in [-0.25, -0.2) is 0 Å². The summed E-state index contributed by atoms with van der Waals surface area (Å²) in [5.41, 5.74) is 1.82. The van der Waals surface area contributed by atoms with E-state index in [4.69, 9.17) is 9.05 Å². The van der Waals surface area contributed by atoms with Crippen LogP contribution in [0.1, 0.15) is 37.3 Å². The molecule has 0 bridgehead atoms. The summed E-state index contributed by atoms with van der Waals surface area (Å²) >= 11 is 0. The van der Waals surface area contributed by atoms with Crippen molar-refractivity contribution < 1.29 is 18.5 Å². The number of nitrogens with zero attached hydrogens (tertiary/aromatic N) is 1. The third kappa shape index (κ3) is 3.09. The summed E-state index contributed by atoms with van der Waals surface area (Å²) in [6.45, 7) is 4.12. The molecular weight excluding hydrogens is 353 g/mol. The Bertz CT molecular complexity index is 814. The fraction of sp³-hybridized carbons (Fsp3) is 0.368. The van der Waals surface area contributed by atoms with E-state index in [9.17, 15) is 14.7 Å². The third-order valence-corrected chi connectivity index (χ3v) is 7.72. The van der Waals surface area contributed by atoms with Crippen molar-refractivity contribution in [1.29, 1.82) is 0 Å². The molecule has 7 heteroatoms. The Balaban J connectivity index is 2.09. The van der Waals surface area contributed by atoms with Crippen LogP contribution in [0.3, 0.4) is 0 Å². The normalized spacial score (nSPS) is 22.2. The minimum absolute atomic E-state index is 0.00321. The first-order valence-electron chi connectivity index (χ1n) is 8.67. The SMILES string of the molecule is CCOP(=O)(OCC)C1(c2ccc([N+](=O)[O-])cc2)CC1c1ccccc1. The van der Waals surface area contributed by atoms with Crippen LogP contribution in [0.5, 0.6) is 0 Å². The summed E-state index contributed by atoms with van der Waals surface area (Å²) in [6.07, 6.45) is 0.617. The first-order chi connectivity index (χ1) is 12.5. The molecule has 0 saturated heterocycles. The number of non-ortho nitro benzene ring substituents is 1. The lowest BCUT2D eigenvalue weighted by molar-refractivity contribution is -0.384. The summed E-state index contributed by atoms with van der Waals surface area (Å²) in [4.78, 5) is 10.5. The van der Waals surface area contributed by atoms with Crippen LogP contribution in [0.25, 0.3) is 0 Å². The van der Waals surface area contributed by atoms with E-state index in [0.29, 0.717) is 6.42 Å². The second kappa shape index (κ2) is 7.31. The minimum atomic E-state index is -3.46. The molecule has 1 aliphatic rings. The lowest BCUT2D eigenvalue weighted by Crippen LogP contribution is -2.15. The average molecular weight is 375 g/mol. The highest BCUT2D eigenvalue weighted by Gasteiger charge is 2.69. The van der Waals surface area contributed by atoms with Gasteiger partial charge in [-0.05, 0) is 31.4 Å². The van der Waals surface area contributed by atoms with Gasteiger partial charge >= 0.3 is 7.60 Å². The van der Waals surface area contributed by atoms with Gasteiger partial charge in [0.05, 0.1) is 18.1 Å². The Morgan fingerprint density at radius 3 is 2.15 bits per heavy atom. The second-order valence-corrected chi connectivity index (χ2v) is 8.54. The fourth-order valence-corrected chi connectivity index (χ4v) is 6.21. The molecule has 138 valence electrons. The minimum Gasteiger partial charge on any atom is -0.308 e. The van der Waals surface area contributed by atoms with Gasteiger partial charge in [0.2, 0.25) is 0 Å². The van der Waals surface area contributed by atoms with Crippen molar-refractivity contribution in [2.24, 2.45) is 0 Å². The molecule has 1 aliphatic carbocycles. The lowest BCUT2D eigenvalue weighted by atomic mass is 10.0. The lowest BCUT2D eigenvalue weighted by Gasteiger charge is -2.28. The molecule has 2 aromatic carbocycles. The summed E-state index contributed by atoms with van der Waals surface area (Å²) in [7, 11) is -3.46. The molecule has 2 atom stereocenters.